The minimum atomic E-state index is -0.121. The molecule has 4 heteroatoms. The van der Waals surface area contributed by atoms with Crippen molar-refractivity contribution in [1.82, 2.24) is 19.1 Å². The second-order valence-corrected chi connectivity index (χ2v) is 16.6. The van der Waals surface area contributed by atoms with Crippen molar-refractivity contribution in [2.75, 3.05) is 0 Å². The van der Waals surface area contributed by atoms with E-state index in [4.69, 9.17) is 9.97 Å². The van der Waals surface area contributed by atoms with Gasteiger partial charge < -0.3 is 9.13 Å². The molecule has 3 heterocycles. The first-order valence-corrected chi connectivity index (χ1v) is 20.8. The van der Waals surface area contributed by atoms with Gasteiger partial charge in [0, 0.05) is 55.9 Å². The van der Waals surface area contributed by atoms with Gasteiger partial charge >= 0.3 is 0 Å². The number of para-hydroxylation sites is 3. The van der Waals surface area contributed by atoms with E-state index in [2.05, 4.69) is 217 Å². The maximum absolute atomic E-state index is 5.31. The predicted octanol–water partition coefficient (Wildman–Crippen LogP) is 13.9. The van der Waals surface area contributed by atoms with E-state index in [9.17, 15) is 0 Å². The Morgan fingerprint density at radius 2 is 0.950 bits per heavy atom. The van der Waals surface area contributed by atoms with E-state index in [0.29, 0.717) is 6.42 Å². The van der Waals surface area contributed by atoms with Gasteiger partial charge in [-0.2, -0.15) is 0 Å². The molecule has 284 valence electrons. The SMILES string of the molecule is CC1(C)c2ccccc2-c2cc3c4ccccc4n(-c4ccc(-n5c6ccccc6c6ccccc65)c(Cc5nc(-c6ccccc6)cc(-c6ccccc6)n5)c4)c3cc21. The molecule has 1 aliphatic rings. The third-order valence-electron chi connectivity index (χ3n) is 12.8. The van der Waals surface area contributed by atoms with Crippen LogP contribution in [0.25, 0.3) is 88.6 Å². The zero-order chi connectivity index (χ0) is 40.0. The minimum absolute atomic E-state index is 0.121. The number of hydrogen-bond donors (Lipinski definition) is 0. The molecule has 0 unspecified atom stereocenters. The first-order valence-electron chi connectivity index (χ1n) is 20.8. The monoisotopic (exact) mass is 768 g/mol. The van der Waals surface area contributed by atoms with Crippen LogP contribution < -0.4 is 0 Å². The first kappa shape index (κ1) is 34.5. The molecule has 0 amide bonds. The van der Waals surface area contributed by atoms with Crippen LogP contribution in [0.5, 0.6) is 0 Å². The summed E-state index contributed by atoms with van der Waals surface area (Å²) in [5, 5.41) is 4.97. The number of benzene rings is 8. The molecule has 0 spiro atoms. The quantitative estimate of drug-likeness (QED) is 0.169. The smallest absolute Gasteiger partial charge is 0.134 e. The standard InChI is InChI=1S/C56H40N4/c1-56(2)46-25-13-9-21-40(46)44-33-45-43-24-12-14-26-51(43)59(54(45)34-47(44)56)39-29-30-50(60-52-27-15-10-22-41(52)42-23-11-16-28-53(42)60)38(31-39)32-55-57-48(36-17-5-3-6-18-36)35-49(58-55)37-19-7-4-8-20-37/h3-31,33-35H,32H2,1-2H3. The highest BCUT2D eigenvalue weighted by atomic mass is 15.0. The van der Waals surface area contributed by atoms with Crippen LogP contribution in [-0.2, 0) is 11.8 Å². The molecule has 0 radical (unpaired) electrons. The van der Waals surface area contributed by atoms with Crippen LogP contribution in [-0.4, -0.2) is 19.1 Å². The highest BCUT2D eigenvalue weighted by molar-refractivity contribution is 6.12. The third kappa shape index (κ3) is 5.24. The van der Waals surface area contributed by atoms with E-state index in [1.165, 1.54) is 65.9 Å². The summed E-state index contributed by atoms with van der Waals surface area (Å²) >= 11 is 0. The van der Waals surface area contributed by atoms with E-state index >= 15 is 0 Å². The van der Waals surface area contributed by atoms with Crippen molar-refractivity contribution in [1.29, 1.82) is 0 Å². The van der Waals surface area contributed by atoms with Crippen LogP contribution in [0.3, 0.4) is 0 Å². The number of hydrogen-bond acceptors (Lipinski definition) is 2. The predicted molar refractivity (Wildman–Crippen MR) is 248 cm³/mol. The average molecular weight is 769 g/mol. The molecule has 0 aliphatic heterocycles. The van der Waals surface area contributed by atoms with Gasteiger partial charge in [-0.25, -0.2) is 9.97 Å². The van der Waals surface area contributed by atoms with E-state index in [1.807, 2.05) is 0 Å². The molecule has 11 aromatic rings. The molecule has 12 rings (SSSR count). The first-order chi connectivity index (χ1) is 29.5. The number of fused-ring (bicyclic) bond motifs is 9. The summed E-state index contributed by atoms with van der Waals surface area (Å²) in [5.41, 5.74) is 17.4. The normalized spacial score (nSPS) is 13.0. The summed E-state index contributed by atoms with van der Waals surface area (Å²) in [6.45, 7) is 4.73. The molecule has 0 fully saturated rings. The summed E-state index contributed by atoms with van der Waals surface area (Å²) < 4.78 is 4.90. The Hall–Kier alpha value is -7.56. The Morgan fingerprint density at radius 1 is 0.417 bits per heavy atom. The van der Waals surface area contributed by atoms with Crippen molar-refractivity contribution in [3.8, 4) is 45.0 Å². The highest BCUT2D eigenvalue weighted by Crippen LogP contribution is 2.51. The van der Waals surface area contributed by atoms with Gasteiger partial charge in [-0.1, -0.05) is 153 Å². The Bertz CT molecular complexity index is 3370. The second kappa shape index (κ2) is 13.2. The summed E-state index contributed by atoms with van der Waals surface area (Å²) in [5.74, 6) is 0.772. The fourth-order valence-corrected chi connectivity index (χ4v) is 9.95. The fourth-order valence-electron chi connectivity index (χ4n) is 9.95. The summed E-state index contributed by atoms with van der Waals surface area (Å²) in [6.07, 6.45) is 0.527. The molecule has 0 saturated heterocycles. The summed E-state index contributed by atoms with van der Waals surface area (Å²) in [6, 6.07) is 70.2. The number of rotatable bonds is 6. The third-order valence-corrected chi connectivity index (χ3v) is 12.8. The summed E-state index contributed by atoms with van der Waals surface area (Å²) in [4.78, 5) is 10.6. The topological polar surface area (TPSA) is 35.6 Å². The van der Waals surface area contributed by atoms with Gasteiger partial charge in [0.2, 0.25) is 0 Å². The molecule has 0 atom stereocenters. The molecule has 0 bridgehead atoms. The maximum Gasteiger partial charge on any atom is 0.134 e. The van der Waals surface area contributed by atoms with Crippen LogP contribution in [0.1, 0.15) is 36.4 Å². The lowest BCUT2D eigenvalue weighted by Gasteiger charge is -2.22. The zero-order valence-electron chi connectivity index (χ0n) is 33.5. The summed E-state index contributed by atoms with van der Waals surface area (Å²) in [7, 11) is 0. The lowest BCUT2D eigenvalue weighted by molar-refractivity contribution is 0.661. The van der Waals surface area contributed by atoms with Gasteiger partial charge in [-0.15, -0.1) is 0 Å². The van der Waals surface area contributed by atoms with Crippen molar-refractivity contribution < 1.29 is 0 Å². The van der Waals surface area contributed by atoms with Crippen LogP contribution in [0, 0.1) is 0 Å². The van der Waals surface area contributed by atoms with E-state index in [0.717, 1.165) is 45.3 Å². The van der Waals surface area contributed by atoms with Crippen molar-refractivity contribution in [2.45, 2.75) is 25.7 Å². The zero-order valence-corrected chi connectivity index (χ0v) is 33.5. The Balaban J connectivity index is 1.12. The number of aromatic nitrogens is 4. The molecule has 4 nitrogen and oxygen atoms in total. The second-order valence-electron chi connectivity index (χ2n) is 16.6. The van der Waals surface area contributed by atoms with Crippen molar-refractivity contribution >= 4 is 43.6 Å². The van der Waals surface area contributed by atoms with Gasteiger partial charge in [0.05, 0.1) is 33.5 Å². The largest absolute Gasteiger partial charge is 0.309 e. The minimum Gasteiger partial charge on any atom is -0.309 e. The molecule has 0 N–H and O–H groups in total. The van der Waals surface area contributed by atoms with Gasteiger partial charge in [0.15, 0.2) is 0 Å². The van der Waals surface area contributed by atoms with Gasteiger partial charge in [0.1, 0.15) is 5.82 Å². The fraction of sp³-hybridized carbons (Fsp3) is 0.0714. The van der Waals surface area contributed by atoms with E-state index in [1.54, 1.807) is 0 Å². The highest BCUT2D eigenvalue weighted by Gasteiger charge is 2.36. The molecular formula is C56H40N4. The lowest BCUT2D eigenvalue weighted by atomic mass is 9.82. The van der Waals surface area contributed by atoms with Crippen molar-refractivity contribution in [3.63, 3.8) is 0 Å². The average Bonchev–Trinajstić information content (AvgIpc) is 3.89. The van der Waals surface area contributed by atoms with Gasteiger partial charge in [-0.3, -0.25) is 0 Å². The molecular weight excluding hydrogens is 729 g/mol. The Morgan fingerprint density at radius 3 is 1.58 bits per heavy atom. The molecule has 3 aromatic heterocycles. The van der Waals surface area contributed by atoms with Gasteiger partial charge in [0.25, 0.3) is 0 Å². The maximum atomic E-state index is 5.31. The lowest BCUT2D eigenvalue weighted by Crippen LogP contribution is -2.15. The Kier molecular flexibility index (Phi) is 7.61. The van der Waals surface area contributed by atoms with Crippen molar-refractivity contribution in [2.24, 2.45) is 0 Å². The molecule has 0 saturated carbocycles. The molecule has 1 aliphatic carbocycles. The van der Waals surface area contributed by atoms with Crippen LogP contribution >= 0.6 is 0 Å². The molecule has 8 aromatic carbocycles. The van der Waals surface area contributed by atoms with Crippen LogP contribution in [0.15, 0.2) is 194 Å². The molecule has 60 heavy (non-hydrogen) atoms. The van der Waals surface area contributed by atoms with Crippen molar-refractivity contribution in [3.05, 3.63) is 217 Å². The van der Waals surface area contributed by atoms with Crippen LogP contribution in [0.2, 0.25) is 0 Å². The van der Waals surface area contributed by atoms with E-state index in [-0.39, 0.29) is 5.41 Å². The van der Waals surface area contributed by atoms with E-state index < -0.39 is 0 Å². The van der Waals surface area contributed by atoms with Gasteiger partial charge in [-0.05, 0) is 82.4 Å². The Labute approximate surface area is 348 Å². The number of nitrogens with zero attached hydrogens (tertiary/aromatic N) is 4. The van der Waals surface area contributed by atoms with Crippen LogP contribution in [0.4, 0.5) is 0 Å².